The van der Waals surface area contributed by atoms with Crippen LogP contribution in [0.5, 0.6) is 5.75 Å². The van der Waals surface area contributed by atoms with Crippen molar-refractivity contribution in [1.29, 1.82) is 0 Å². The van der Waals surface area contributed by atoms with Gasteiger partial charge in [0.05, 0.1) is 43.4 Å². The van der Waals surface area contributed by atoms with Crippen molar-refractivity contribution in [3.8, 4) is 5.75 Å². The van der Waals surface area contributed by atoms with Crippen molar-refractivity contribution in [2.45, 2.75) is 228 Å². The molecule has 4 fully saturated rings. The van der Waals surface area contributed by atoms with Crippen LogP contribution in [0.2, 0.25) is 0 Å². The fourth-order valence-electron chi connectivity index (χ4n) is 16.9. The van der Waals surface area contributed by atoms with E-state index < -0.39 is 229 Å². The molecule has 0 saturated carbocycles. The number of aliphatic hydroxyl groups is 2. The number of nitrogens with two attached hydrogens (primary N) is 1. The summed E-state index contributed by atoms with van der Waals surface area (Å²) in [6, 6.07) is -3.44. The van der Waals surface area contributed by atoms with E-state index in [1.807, 2.05) is 13.8 Å². The van der Waals surface area contributed by atoms with Crippen LogP contribution in [0.3, 0.4) is 0 Å². The molecule has 0 spiro atoms. The summed E-state index contributed by atoms with van der Waals surface area (Å²) in [4.78, 5) is 270. The molecular formula is C87H115N21O20S. The van der Waals surface area contributed by atoms with E-state index in [1.54, 1.807) is 60.9 Å². The zero-order valence-electron chi connectivity index (χ0n) is 72.7. The molecule has 0 radical (unpaired) electrons. The highest BCUT2D eigenvalue weighted by atomic mass is 32.2. The van der Waals surface area contributed by atoms with Gasteiger partial charge in [0.25, 0.3) is 5.91 Å². The van der Waals surface area contributed by atoms with E-state index >= 15 is 43.2 Å². The number of nitrogens with one attached hydrogen (secondary N) is 14. The average molecular weight is 1810 g/mol. The number of H-pyrrole nitrogens is 3. The Balaban J connectivity index is 0.953. The Morgan fingerprint density at radius 2 is 1.19 bits per heavy atom. The molecular weight excluding hydrogens is 1690 g/mol. The van der Waals surface area contributed by atoms with Crippen molar-refractivity contribution >= 4 is 140 Å². The summed E-state index contributed by atoms with van der Waals surface area (Å²) >= 11 is 0.799. The lowest BCUT2D eigenvalue weighted by atomic mass is 9.95. The lowest BCUT2D eigenvalue weighted by Gasteiger charge is -2.38. The molecule has 3 aromatic carbocycles. The molecule has 15 atom stereocenters. The van der Waals surface area contributed by atoms with Gasteiger partial charge in [-0.1, -0.05) is 82.0 Å². The highest BCUT2D eigenvalue weighted by molar-refractivity contribution is 8.00. The molecule has 4 saturated heterocycles. The van der Waals surface area contributed by atoms with Crippen LogP contribution in [-0.2, 0) is 107 Å². The van der Waals surface area contributed by atoms with Gasteiger partial charge in [-0.2, -0.15) is 0 Å². The van der Waals surface area contributed by atoms with Crippen LogP contribution in [0.25, 0.3) is 21.8 Å². The first-order chi connectivity index (χ1) is 61.7. The van der Waals surface area contributed by atoms with Crippen molar-refractivity contribution in [2.24, 2.45) is 5.73 Å². The minimum Gasteiger partial charge on any atom is -0.508 e. The Labute approximate surface area is 747 Å². The number of aryl methyl sites for hydroxylation is 1. The maximum absolute atomic E-state index is 15.6. The SMILES string of the molecule is CCCC[C@H]1C(=O)N(C)[C@@H](CCCC)C(=O)N[C@@H](C)C(=O)N[C@H](C(=O)NCC(N)=O)CSCC(=O)N[C@H]2Cc3ccc(O)cc3N(C2=O)[C@@H](C)C(=O)N[C@H]2CC(=O)NCCC[C@H](NC(=O)[C@H](CCc3cnc[nH]3)NC(=O)[C@@H]3CCCN3C2=O)C(=O)N2C[C@H](O)C[C@H]2C(=O)N[C@@H](Cc2c[nH]c3ccccc23)C(=O)N[C@@H](CO)C(=O)N[C@@H](Cc2c[nH]c3ccccc23)C(=O)N1C. The number of unbranched alkanes of at least 4 members (excludes halogenated alkanes) is 2. The second kappa shape index (κ2) is 44.6. The van der Waals surface area contributed by atoms with E-state index in [-0.39, 0.29) is 101 Å². The summed E-state index contributed by atoms with van der Waals surface area (Å²) in [5, 5.41) is 64.1. The molecule has 11 rings (SSSR count). The highest BCUT2D eigenvalue weighted by Gasteiger charge is 2.48. The molecule has 4 bridgehead atoms. The second-order valence-electron chi connectivity index (χ2n) is 33.3. The third-order valence-electron chi connectivity index (χ3n) is 24.1. The number of para-hydroxylation sites is 2. The van der Waals surface area contributed by atoms with E-state index in [4.69, 9.17) is 5.73 Å². The van der Waals surface area contributed by atoms with E-state index in [9.17, 15) is 53.7 Å². The number of benzene rings is 3. The van der Waals surface area contributed by atoms with Crippen molar-refractivity contribution in [3.05, 3.63) is 114 Å². The Morgan fingerprint density at radius 1 is 0.581 bits per heavy atom. The first-order valence-electron chi connectivity index (χ1n) is 43.5. The fraction of sp³-hybridized carbons (Fsp3) is 0.517. The molecule has 8 heterocycles. The molecule has 5 aliphatic rings. The Kier molecular flexibility index (Phi) is 33.4. The topological polar surface area (TPSA) is 586 Å². The van der Waals surface area contributed by atoms with Crippen molar-refractivity contribution in [2.75, 3.05) is 63.3 Å². The summed E-state index contributed by atoms with van der Waals surface area (Å²) in [6.45, 7) is 3.68. The standard InChI is InChI=1S/C87H115N21O20S/c1-7-9-22-66-80(121)95-46(3)74(115)103-65(76(117)93-40-71(88)112)43-129-44-73(114)96-62-31-48-25-27-52(110)34-69(48)108(86(62)127)47(4)75(116)100-63-36-72(113)90-29-15-21-59(98-77(118)58(28-26-51-39-89-45-94-51)97-81(122)67-24-16-30-106(67)85(63)126)84(125)107-41-53(111)35-70(107)82(123)99-60(32-49-37-91-56-19-13-11-17-54(49)56)78(119)102-64(42-109)79(120)101-61(33-50-38-92-57-20-14-12-18-55(50)57)83(124)105(6)68(23-10-8-2)87(128)104(66)5/h11-14,17-20,25,27,34,37-39,45-47,53,58-68,70,91-92,109-111H,7-10,15-16,21-24,26,28-33,35-36,40-44H2,1-6H3,(H2,88,112)(H,89,94)(H,90,113)(H,93,117)(H,95,121)(H,96,114)(H,97,122)(H,98,118)(H,99,123)(H,100,116)(H,101,120)(H,102,119)(H,103,115)/t46-,47-,53+,58-,59-,60-,61-,62-,63-,64-,65-,66-,67-,68-,70-/m0/s1. The summed E-state index contributed by atoms with van der Waals surface area (Å²) < 4.78 is 0. The number of carbonyl (C=O) groups is 17. The van der Waals surface area contributed by atoms with Crippen LogP contribution < -0.4 is 69.1 Å². The number of fused-ring (bicyclic) bond motifs is 15. The minimum absolute atomic E-state index is 0.0209. The largest absolute Gasteiger partial charge is 0.508 e. The molecule has 694 valence electrons. The number of amides is 17. The molecule has 17 amide bonds. The van der Waals surface area contributed by atoms with Crippen molar-refractivity contribution in [3.63, 3.8) is 0 Å². The van der Waals surface area contributed by atoms with Gasteiger partial charge in [0.2, 0.25) is 94.5 Å². The highest BCUT2D eigenvalue weighted by Crippen LogP contribution is 2.34. The Morgan fingerprint density at radius 3 is 1.85 bits per heavy atom. The molecule has 42 heteroatoms. The fourth-order valence-corrected chi connectivity index (χ4v) is 17.8. The van der Waals surface area contributed by atoms with Gasteiger partial charge in [-0.3, -0.25) is 86.4 Å². The molecule has 3 aromatic heterocycles. The van der Waals surface area contributed by atoms with Gasteiger partial charge in [-0.05, 0) is 100 Å². The van der Waals surface area contributed by atoms with Crippen molar-refractivity contribution < 1.29 is 96.8 Å². The first kappa shape index (κ1) is 96.6. The molecule has 6 aromatic rings. The summed E-state index contributed by atoms with van der Waals surface area (Å²) in [7, 11) is 2.72. The zero-order chi connectivity index (χ0) is 93.0. The molecule has 5 aliphatic heterocycles. The number of nitrogens with zero attached hydrogens (tertiary/aromatic N) is 6. The van der Waals surface area contributed by atoms with Crippen LogP contribution in [0.15, 0.2) is 91.6 Å². The van der Waals surface area contributed by atoms with E-state index in [0.29, 0.717) is 69.9 Å². The summed E-state index contributed by atoms with van der Waals surface area (Å²) in [5.41, 5.74) is 8.58. The number of phenols is 1. The quantitative estimate of drug-likeness (QED) is 0.0448. The summed E-state index contributed by atoms with van der Waals surface area (Å²) in [5.74, 6) is -16.7. The van der Waals surface area contributed by atoms with Crippen LogP contribution in [-0.4, -0.2) is 304 Å². The molecule has 0 aliphatic carbocycles. The Bertz CT molecular complexity index is 5140. The van der Waals surface area contributed by atoms with Crippen LogP contribution in [0, 0.1) is 0 Å². The number of hydrogen-bond acceptors (Lipinski definition) is 22. The number of aliphatic hydroxyl groups excluding tert-OH is 2. The van der Waals surface area contributed by atoms with Crippen molar-refractivity contribution in [1.82, 2.24) is 98.0 Å². The first-order valence-corrected chi connectivity index (χ1v) is 44.7. The number of aromatic nitrogens is 4. The van der Waals surface area contributed by atoms with Crippen LogP contribution in [0.4, 0.5) is 5.69 Å². The number of rotatable bonds is 17. The molecule has 0 unspecified atom stereocenters. The second-order valence-corrected chi connectivity index (χ2v) is 34.3. The third kappa shape index (κ3) is 24.3. The van der Waals surface area contributed by atoms with E-state index in [1.165, 1.54) is 58.7 Å². The number of carbonyl (C=O) groups excluding carboxylic acids is 17. The monoisotopic (exact) mass is 1810 g/mol. The zero-order valence-corrected chi connectivity index (χ0v) is 73.6. The van der Waals surface area contributed by atoms with Gasteiger partial charge in [0.1, 0.15) is 90.3 Å². The molecule has 19 N–H and O–H groups in total. The smallest absolute Gasteiger partial charge is 0.250 e. The number of hydrogen-bond donors (Lipinski definition) is 18. The van der Waals surface area contributed by atoms with Gasteiger partial charge in [-0.25, -0.2) is 4.98 Å². The number of phenolic OH excluding ortho intramolecular Hbond substituents is 1. The van der Waals surface area contributed by atoms with Crippen LogP contribution >= 0.6 is 11.8 Å². The minimum atomic E-state index is -1.88. The molecule has 129 heavy (non-hydrogen) atoms. The predicted octanol–water partition coefficient (Wildman–Crippen LogP) is -2.52. The number of thioether (sulfide) groups is 1. The average Bonchev–Trinajstić information content (AvgIpc) is 1.73. The maximum atomic E-state index is 15.6. The Hall–Kier alpha value is -13.0. The van der Waals surface area contributed by atoms with Gasteiger partial charge in [0, 0.05) is 117 Å². The predicted molar refractivity (Wildman–Crippen MR) is 469 cm³/mol. The lowest BCUT2D eigenvalue weighted by Crippen LogP contribution is -2.62. The number of aromatic hydroxyl groups is 1. The van der Waals surface area contributed by atoms with Crippen LogP contribution in [0.1, 0.15) is 134 Å². The number of likely N-dealkylation sites (N-methyl/N-ethyl adjacent to an activating group) is 2. The lowest BCUT2D eigenvalue weighted by molar-refractivity contribution is -0.149. The number of anilines is 1. The van der Waals surface area contributed by atoms with E-state index in [0.717, 1.165) is 36.3 Å². The van der Waals surface area contributed by atoms with E-state index in [2.05, 4.69) is 78.4 Å². The normalized spacial score (nSPS) is 26.3. The maximum Gasteiger partial charge on any atom is 0.250 e. The van der Waals surface area contributed by atoms with Gasteiger partial charge < -0.3 is 114 Å². The van der Waals surface area contributed by atoms with Gasteiger partial charge in [0.15, 0.2) is 0 Å². The van der Waals surface area contributed by atoms with Gasteiger partial charge in [-0.15, -0.1) is 11.8 Å². The van der Waals surface area contributed by atoms with Gasteiger partial charge >= 0.3 is 0 Å². The summed E-state index contributed by atoms with van der Waals surface area (Å²) in [6.07, 6.45) is 4.39. The number of aromatic amines is 3. The molecule has 41 nitrogen and oxygen atoms in total. The third-order valence-corrected chi connectivity index (χ3v) is 25.1. The number of primary amides is 1. The number of imidazole rings is 1.